The van der Waals surface area contributed by atoms with Gasteiger partial charge in [-0.25, -0.2) is 9.59 Å². The first-order valence-corrected chi connectivity index (χ1v) is 10.7. The Kier molecular flexibility index (Phi) is 4.78. The molecule has 0 radical (unpaired) electrons. The number of aromatic nitrogens is 2. The van der Waals surface area contributed by atoms with Crippen molar-refractivity contribution in [2.45, 2.75) is 56.8 Å². The number of nitriles is 1. The van der Waals surface area contributed by atoms with Crippen LogP contribution in [0.4, 0.5) is 4.79 Å². The molecular formula is C24H24N4O3. The van der Waals surface area contributed by atoms with Gasteiger partial charge in [0, 0.05) is 12.1 Å². The number of rotatable bonds is 3. The molecule has 2 aromatic carbocycles. The minimum absolute atomic E-state index is 0.0663. The number of benzene rings is 2. The molecule has 2 heterocycles. The van der Waals surface area contributed by atoms with E-state index >= 15 is 0 Å². The van der Waals surface area contributed by atoms with Gasteiger partial charge in [0.15, 0.2) is 0 Å². The molecule has 3 aromatic rings. The summed E-state index contributed by atoms with van der Waals surface area (Å²) in [6, 6.07) is 17.5. The van der Waals surface area contributed by atoms with Crippen LogP contribution in [0.25, 0.3) is 11.0 Å². The third-order valence-electron chi connectivity index (χ3n) is 6.65. The van der Waals surface area contributed by atoms with Crippen LogP contribution >= 0.6 is 0 Å². The lowest BCUT2D eigenvalue weighted by atomic mass is 9.88. The van der Waals surface area contributed by atoms with E-state index in [2.05, 4.69) is 11.1 Å². The first kappa shape index (κ1) is 19.4. The second-order valence-corrected chi connectivity index (χ2v) is 8.46. The van der Waals surface area contributed by atoms with Crippen molar-refractivity contribution in [3.05, 3.63) is 70.1 Å². The van der Waals surface area contributed by atoms with Crippen molar-refractivity contribution in [1.29, 1.82) is 5.26 Å². The van der Waals surface area contributed by atoms with Gasteiger partial charge in [-0.3, -0.25) is 9.47 Å². The third kappa shape index (κ3) is 3.28. The number of amides is 1. The maximum Gasteiger partial charge on any atom is 0.411 e. The number of hydrogen-bond acceptors (Lipinski definition) is 4. The van der Waals surface area contributed by atoms with E-state index in [9.17, 15) is 9.59 Å². The standard InChI is InChI=1S/C24H24N4O3/c1-15-22(17-5-3-2-4-6-17)28(24(30)31-15)19-10-8-18(9-11-19)27-21-12-7-16(14-25)13-20(21)26-23(27)29/h2-7,12-13,15,18-19,22H,8-11H2,1H3,(H,26,29)/t15-,18?,19?,22-/m0/s1. The molecule has 1 saturated heterocycles. The van der Waals surface area contributed by atoms with Crippen molar-refractivity contribution in [3.63, 3.8) is 0 Å². The summed E-state index contributed by atoms with van der Waals surface area (Å²) in [5.41, 5.74) is 2.98. The van der Waals surface area contributed by atoms with Gasteiger partial charge in [-0.05, 0) is 56.4 Å². The Morgan fingerprint density at radius 2 is 1.74 bits per heavy atom. The van der Waals surface area contributed by atoms with E-state index in [-0.39, 0.29) is 36.0 Å². The molecule has 0 spiro atoms. The SMILES string of the molecule is C[C@@H]1OC(=O)N(C2CCC(n3c(=O)[nH]c4cc(C#N)ccc43)CC2)[C@@H]1c1ccccc1. The number of fused-ring (bicyclic) bond motifs is 1. The van der Waals surface area contributed by atoms with Crippen molar-refractivity contribution in [1.82, 2.24) is 14.5 Å². The van der Waals surface area contributed by atoms with E-state index in [4.69, 9.17) is 10.00 Å². The highest BCUT2D eigenvalue weighted by atomic mass is 16.6. The number of aromatic amines is 1. The fourth-order valence-electron chi connectivity index (χ4n) is 5.24. The Morgan fingerprint density at radius 1 is 1.03 bits per heavy atom. The molecule has 1 saturated carbocycles. The molecule has 0 bridgehead atoms. The lowest BCUT2D eigenvalue weighted by molar-refractivity contribution is 0.121. The highest BCUT2D eigenvalue weighted by Gasteiger charge is 2.44. The van der Waals surface area contributed by atoms with Crippen LogP contribution in [0, 0.1) is 11.3 Å². The number of nitrogens with one attached hydrogen (secondary N) is 1. The highest BCUT2D eigenvalue weighted by molar-refractivity contribution is 5.77. The fraction of sp³-hybridized carbons (Fsp3) is 0.375. The van der Waals surface area contributed by atoms with E-state index in [1.165, 1.54) is 0 Å². The summed E-state index contributed by atoms with van der Waals surface area (Å²) in [6.45, 7) is 1.95. The second-order valence-electron chi connectivity index (χ2n) is 8.46. The van der Waals surface area contributed by atoms with Crippen LogP contribution in [0.5, 0.6) is 0 Å². The first-order valence-electron chi connectivity index (χ1n) is 10.7. The molecule has 0 unspecified atom stereocenters. The maximum atomic E-state index is 12.7. The zero-order chi connectivity index (χ0) is 21.5. The highest BCUT2D eigenvalue weighted by Crippen LogP contribution is 2.40. The van der Waals surface area contributed by atoms with Crippen LogP contribution in [-0.2, 0) is 4.74 Å². The number of carbonyl (C=O) groups excluding carboxylic acids is 1. The molecule has 1 amide bonds. The van der Waals surface area contributed by atoms with Gasteiger partial charge in [-0.2, -0.15) is 5.26 Å². The van der Waals surface area contributed by atoms with Gasteiger partial charge in [0.25, 0.3) is 0 Å². The Bertz CT molecular complexity index is 1220. The van der Waals surface area contributed by atoms with Gasteiger partial charge >= 0.3 is 11.8 Å². The third-order valence-corrected chi connectivity index (χ3v) is 6.65. The molecule has 2 fully saturated rings. The number of H-pyrrole nitrogens is 1. The zero-order valence-electron chi connectivity index (χ0n) is 17.3. The van der Waals surface area contributed by atoms with Crippen molar-refractivity contribution in [2.75, 3.05) is 0 Å². The molecule has 7 nitrogen and oxygen atoms in total. The molecule has 1 aromatic heterocycles. The lowest BCUT2D eigenvalue weighted by Crippen LogP contribution is -2.41. The molecule has 1 aliphatic carbocycles. The van der Waals surface area contributed by atoms with Crippen LogP contribution in [-0.4, -0.2) is 32.7 Å². The summed E-state index contributed by atoms with van der Waals surface area (Å²) < 4.78 is 7.40. The molecule has 7 heteroatoms. The van der Waals surface area contributed by atoms with E-state index < -0.39 is 0 Å². The molecule has 2 atom stereocenters. The van der Waals surface area contributed by atoms with Gasteiger partial charge in [0.05, 0.1) is 28.7 Å². The number of ether oxygens (including phenoxy) is 1. The predicted octanol–water partition coefficient (Wildman–Crippen LogP) is 4.27. The molecule has 158 valence electrons. The summed E-state index contributed by atoms with van der Waals surface area (Å²) in [6.07, 6.45) is 2.78. The van der Waals surface area contributed by atoms with Crippen LogP contribution < -0.4 is 5.69 Å². The number of imidazole rings is 1. The number of carbonyl (C=O) groups is 1. The normalized spacial score (nSPS) is 26.1. The monoisotopic (exact) mass is 416 g/mol. The second kappa shape index (κ2) is 7.62. The summed E-state index contributed by atoms with van der Waals surface area (Å²) in [4.78, 5) is 30.1. The topological polar surface area (TPSA) is 91.1 Å². The van der Waals surface area contributed by atoms with E-state index in [0.29, 0.717) is 11.1 Å². The minimum Gasteiger partial charge on any atom is -0.444 e. The number of hydrogen-bond donors (Lipinski definition) is 1. The van der Waals surface area contributed by atoms with Gasteiger partial charge < -0.3 is 9.72 Å². The average Bonchev–Trinajstić information content (AvgIpc) is 3.28. The minimum atomic E-state index is -0.252. The fourth-order valence-corrected chi connectivity index (χ4v) is 5.24. The molecule has 5 rings (SSSR count). The predicted molar refractivity (Wildman–Crippen MR) is 116 cm³/mol. The van der Waals surface area contributed by atoms with Gasteiger partial charge in [0.1, 0.15) is 6.10 Å². The zero-order valence-corrected chi connectivity index (χ0v) is 17.3. The van der Waals surface area contributed by atoms with Crippen LogP contribution in [0.15, 0.2) is 53.3 Å². The van der Waals surface area contributed by atoms with Crippen LogP contribution in [0.3, 0.4) is 0 Å². The van der Waals surface area contributed by atoms with Gasteiger partial charge in [0.2, 0.25) is 0 Å². The Balaban J connectivity index is 1.38. The van der Waals surface area contributed by atoms with E-state index in [0.717, 1.165) is 36.8 Å². The molecule has 2 aliphatic rings. The molecule has 1 N–H and O–H groups in total. The number of nitrogens with zero attached hydrogens (tertiary/aromatic N) is 3. The van der Waals surface area contributed by atoms with Crippen molar-refractivity contribution in [3.8, 4) is 6.07 Å². The van der Waals surface area contributed by atoms with Crippen molar-refractivity contribution >= 4 is 17.1 Å². The molecular weight excluding hydrogens is 392 g/mol. The van der Waals surface area contributed by atoms with Gasteiger partial charge in [-0.15, -0.1) is 0 Å². The van der Waals surface area contributed by atoms with Crippen molar-refractivity contribution < 1.29 is 9.53 Å². The van der Waals surface area contributed by atoms with Crippen LogP contribution in [0.2, 0.25) is 0 Å². The first-order chi connectivity index (χ1) is 15.1. The Morgan fingerprint density at radius 3 is 2.45 bits per heavy atom. The summed E-state index contributed by atoms with van der Waals surface area (Å²) in [7, 11) is 0. The number of cyclic esters (lactones) is 1. The van der Waals surface area contributed by atoms with E-state index in [1.54, 1.807) is 12.1 Å². The molecule has 31 heavy (non-hydrogen) atoms. The van der Waals surface area contributed by atoms with Crippen LogP contribution in [0.1, 0.15) is 55.8 Å². The summed E-state index contributed by atoms with van der Waals surface area (Å²) in [5, 5.41) is 9.11. The largest absolute Gasteiger partial charge is 0.444 e. The smallest absolute Gasteiger partial charge is 0.411 e. The Labute approximate surface area is 179 Å². The van der Waals surface area contributed by atoms with Gasteiger partial charge in [-0.1, -0.05) is 30.3 Å². The Hall–Kier alpha value is -3.53. The lowest BCUT2D eigenvalue weighted by Gasteiger charge is -2.37. The summed E-state index contributed by atoms with van der Waals surface area (Å²) in [5.74, 6) is 0. The average molecular weight is 416 g/mol. The maximum absolute atomic E-state index is 12.7. The summed E-state index contributed by atoms with van der Waals surface area (Å²) >= 11 is 0. The molecule has 1 aliphatic heterocycles. The van der Waals surface area contributed by atoms with Crippen molar-refractivity contribution in [2.24, 2.45) is 0 Å². The van der Waals surface area contributed by atoms with E-state index in [1.807, 2.05) is 52.8 Å². The quantitative estimate of drug-likeness (QED) is 0.690.